The van der Waals surface area contributed by atoms with Crippen LogP contribution in [0.1, 0.15) is 18.4 Å². The number of nitrogens with zero attached hydrogens (tertiary/aromatic N) is 3. The molecule has 0 unspecified atom stereocenters. The fourth-order valence-corrected chi connectivity index (χ4v) is 4.00. The van der Waals surface area contributed by atoms with Gasteiger partial charge in [0.2, 0.25) is 0 Å². The number of aromatic nitrogens is 1. The highest BCUT2D eigenvalue weighted by molar-refractivity contribution is 7.99. The van der Waals surface area contributed by atoms with Crippen LogP contribution in [-0.4, -0.2) is 64.5 Å². The first kappa shape index (κ1) is 15.6. The van der Waals surface area contributed by atoms with Crippen molar-refractivity contribution in [1.82, 2.24) is 20.1 Å². The van der Waals surface area contributed by atoms with E-state index in [4.69, 9.17) is 0 Å². The lowest BCUT2D eigenvalue weighted by molar-refractivity contribution is 0.165. The fourth-order valence-electron chi connectivity index (χ4n) is 3.10. The summed E-state index contributed by atoms with van der Waals surface area (Å²) in [7, 11) is 0. The highest BCUT2D eigenvalue weighted by Crippen LogP contribution is 2.14. The molecular weight excluding hydrogens is 296 g/mol. The molecule has 1 aromatic heterocycles. The Balaban J connectivity index is 1.48. The van der Waals surface area contributed by atoms with Crippen molar-refractivity contribution in [3.05, 3.63) is 30.1 Å². The van der Waals surface area contributed by atoms with Crippen molar-refractivity contribution < 1.29 is 4.79 Å². The number of urea groups is 1. The highest BCUT2D eigenvalue weighted by Gasteiger charge is 2.24. The summed E-state index contributed by atoms with van der Waals surface area (Å²) in [5, 5.41) is 3.22. The van der Waals surface area contributed by atoms with Crippen molar-refractivity contribution in [3.63, 3.8) is 0 Å². The Hall–Kier alpha value is -1.27. The zero-order valence-electron chi connectivity index (χ0n) is 12.9. The molecule has 0 aliphatic carbocycles. The van der Waals surface area contributed by atoms with Crippen molar-refractivity contribution in [2.45, 2.75) is 25.4 Å². The van der Waals surface area contributed by atoms with Crippen LogP contribution in [0.15, 0.2) is 24.5 Å². The predicted octanol–water partition coefficient (Wildman–Crippen LogP) is 1.80. The van der Waals surface area contributed by atoms with Gasteiger partial charge in [0.15, 0.2) is 0 Å². The number of rotatable bonds is 3. The smallest absolute Gasteiger partial charge is 0.317 e. The van der Waals surface area contributed by atoms with E-state index in [1.807, 2.05) is 28.9 Å². The number of likely N-dealkylation sites (tertiary alicyclic amines) is 1. The minimum Gasteiger partial charge on any atom is -0.334 e. The maximum atomic E-state index is 12.3. The molecule has 2 saturated heterocycles. The van der Waals surface area contributed by atoms with Gasteiger partial charge < -0.3 is 10.2 Å². The zero-order valence-corrected chi connectivity index (χ0v) is 13.7. The second-order valence-electron chi connectivity index (χ2n) is 5.98. The van der Waals surface area contributed by atoms with Crippen molar-refractivity contribution >= 4 is 17.8 Å². The van der Waals surface area contributed by atoms with E-state index in [1.165, 1.54) is 5.56 Å². The SMILES string of the molecule is O=C(N[C@@H]1CCCN(Cc2cccnc2)C1)N1CCSCC1. The topological polar surface area (TPSA) is 48.5 Å². The summed E-state index contributed by atoms with van der Waals surface area (Å²) >= 11 is 1.93. The molecule has 0 bridgehead atoms. The van der Waals surface area contributed by atoms with Crippen LogP contribution in [0.5, 0.6) is 0 Å². The molecule has 0 aromatic carbocycles. The lowest BCUT2D eigenvalue weighted by Gasteiger charge is -2.35. The Kier molecular flexibility index (Phi) is 5.56. The summed E-state index contributed by atoms with van der Waals surface area (Å²) in [6, 6.07) is 4.48. The number of nitrogens with one attached hydrogen (secondary N) is 1. The van der Waals surface area contributed by atoms with Gasteiger partial charge in [0.05, 0.1) is 0 Å². The van der Waals surface area contributed by atoms with Crippen LogP contribution in [0, 0.1) is 0 Å². The molecule has 22 heavy (non-hydrogen) atoms. The third-order valence-corrected chi connectivity index (χ3v) is 5.20. The van der Waals surface area contributed by atoms with Crippen LogP contribution in [-0.2, 0) is 6.54 Å². The fraction of sp³-hybridized carbons (Fsp3) is 0.625. The normalized spacial score (nSPS) is 23.3. The van der Waals surface area contributed by atoms with Crippen molar-refractivity contribution in [1.29, 1.82) is 0 Å². The molecule has 1 atom stereocenters. The minimum absolute atomic E-state index is 0.119. The van der Waals surface area contributed by atoms with Gasteiger partial charge in [0, 0.05) is 56.1 Å². The minimum atomic E-state index is 0.119. The average molecular weight is 320 g/mol. The maximum absolute atomic E-state index is 12.3. The van der Waals surface area contributed by atoms with Crippen LogP contribution in [0.3, 0.4) is 0 Å². The molecule has 0 saturated carbocycles. The molecule has 3 rings (SSSR count). The van der Waals surface area contributed by atoms with Gasteiger partial charge >= 0.3 is 6.03 Å². The maximum Gasteiger partial charge on any atom is 0.317 e. The molecule has 6 heteroatoms. The highest BCUT2D eigenvalue weighted by atomic mass is 32.2. The second kappa shape index (κ2) is 7.83. The molecule has 0 spiro atoms. The van der Waals surface area contributed by atoms with Crippen molar-refractivity contribution in [2.24, 2.45) is 0 Å². The second-order valence-corrected chi connectivity index (χ2v) is 7.21. The monoisotopic (exact) mass is 320 g/mol. The predicted molar refractivity (Wildman–Crippen MR) is 90.0 cm³/mol. The average Bonchev–Trinajstić information content (AvgIpc) is 2.57. The Morgan fingerprint density at radius 1 is 1.36 bits per heavy atom. The molecule has 1 aromatic rings. The van der Waals surface area contributed by atoms with E-state index in [9.17, 15) is 4.79 Å². The van der Waals surface area contributed by atoms with E-state index >= 15 is 0 Å². The van der Waals surface area contributed by atoms with E-state index in [2.05, 4.69) is 21.3 Å². The zero-order chi connectivity index (χ0) is 15.2. The third kappa shape index (κ3) is 4.36. The standard InChI is InChI=1S/C16H24N4OS/c21-16(20-7-9-22-10-8-20)18-15-4-2-6-19(13-15)12-14-3-1-5-17-11-14/h1,3,5,11,15H,2,4,6-10,12-13H2,(H,18,21)/t15-/m1/s1. The first-order valence-electron chi connectivity index (χ1n) is 8.06. The molecule has 0 radical (unpaired) electrons. The van der Waals surface area contributed by atoms with Gasteiger partial charge in [-0.15, -0.1) is 0 Å². The number of amides is 2. The summed E-state index contributed by atoms with van der Waals surface area (Å²) in [5.41, 5.74) is 1.24. The Morgan fingerprint density at radius 3 is 3.00 bits per heavy atom. The molecule has 2 aliphatic heterocycles. The van der Waals surface area contributed by atoms with Crippen LogP contribution in [0.4, 0.5) is 4.79 Å². The summed E-state index contributed by atoms with van der Waals surface area (Å²) < 4.78 is 0. The van der Waals surface area contributed by atoms with Crippen LogP contribution < -0.4 is 5.32 Å². The number of thioether (sulfide) groups is 1. The lowest BCUT2D eigenvalue weighted by atomic mass is 10.1. The number of carbonyl (C=O) groups excluding carboxylic acids is 1. The van der Waals surface area contributed by atoms with E-state index in [-0.39, 0.29) is 12.1 Å². The summed E-state index contributed by atoms with van der Waals surface area (Å²) in [4.78, 5) is 20.9. The molecule has 2 amide bonds. The first-order chi connectivity index (χ1) is 10.8. The van der Waals surface area contributed by atoms with Crippen molar-refractivity contribution in [2.75, 3.05) is 37.7 Å². The van der Waals surface area contributed by atoms with E-state index in [0.29, 0.717) is 0 Å². The number of piperidine rings is 1. The Morgan fingerprint density at radius 2 is 2.23 bits per heavy atom. The van der Waals surface area contributed by atoms with E-state index < -0.39 is 0 Å². The summed E-state index contributed by atoms with van der Waals surface area (Å²) in [6.45, 7) is 4.71. The number of carbonyl (C=O) groups is 1. The number of hydrogen-bond acceptors (Lipinski definition) is 4. The van der Waals surface area contributed by atoms with Crippen LogP contribution in [0.2, 0.25) is 0 Å². The summed E-state index contributed by atoms with van der Waals surface area (Å²) in [5.74, 6) is 2.12. The van der Waals surface area contributed by atoms with Crippen LogP contribution >= 0.6 is 11.8 Å². The molecule has 2 fully saturated rings. The molecule has 5 nitrogen and oxygen atoms in total. The molecular formula is C16H24N4OS. The van der Waals surface area contributed by atoms with Gasteiger partial charge in [0.25, 0.3) is 0 Å². The first-order valence-corrected chi connectivity index (χ1v) is 9.21. The van der Waals surface area contributed by atoms with Gasteiger partial charge in [-0.25, -0.2) is 4.79 Å². The largest absolute Gasteiger partial charge is 0.334 e. The van der Waals surface area contributed by atoms with Gasteiger partial charge in [0.1, 0.15) is 0 Å². The van der Waals surface area contributed by atoms with Gasteiger partial charge in [-0.1, -0.05) is 6.07 Å². The molecule has 3 heterocycles. The number of pyridine rings is 1. The van der Waals surface area contributed by atoms with Gasteiger partial charge in [-0.05, 0) is 31.0 Å². The molecule has 120 valence electrons. The van der Waals surface area contributed by atoms with Gasteiger partial charge in [-0.3, -0.25) is 9.88 Å². The third-order valence-electron chi connectivity index (χ3n) is 4.26. The Labute approximate surface area is 136 Å². The molecule has 1 N–H and O–H groups in total. The number of hydrogen-bond donors (Lipinski definition) is 1. The molecule has 2 aliphatic rings. The van der Waals surface area contributed by atoms with Crippen LogP contribution in [0.25, 0.3) is 0 Å². The van der Waals surface area contributed by atoms with Crippen molar-refractivity contribution in [3.8, 4) is 0 Å². The van der Waals surface area contributed by atoms with E-state index in [1.54, 1.807) is 6.20 Å². The summed E-state index contributed by atoms with van der Waals surface area (Å²) in [6.07, 6.45) is 5.95. The Bertz CT molecular complexity index is 478. The van der Waals surface area contributed by atoms with E-state index in [0.717, 1.165) is 57.1 Å². The quantitative estimate of drug-likeness (QED) is 0.923. The lowest BCUT2D eigenvalue weighted by Crippen LogP contribution is -2.52. The van der Waals surface area contributed by atoms with Gasteiger partial charge in [-0.2, -0.15) is 11.8 Å².